The maximum atomic E-state index is 13.2. The first kappa shape index (κ1) is 20.6. The molecule has 3 aromatic rings. The molecule has 1 aliphatic rings. The third-order valence-corrected chi connectivity index (χ3v) is 7.66. The second-order valence-corrected chi connectivity index (χ2v) is 9.87. The number of sulfonamides is 1. The normalized spacial score (nSPS) is 17.2. The van der Waals surface area contributed by atoms with Gasteiger partial charge >= 0.3 is 0 Å². The Bertz CT molecular complexity index is 1180. The smallest absolute Gasteiger partial charge is 0.244 e. The number of benzene rings is 2. The van der Waals surface area contributed by atoms with Gasteiger partial charge in [0.05, 0.1) is 4.90 Å². The van der Waals surface area contributed by atoms with Crippen molar-refractivity contribution in [1.82, 2.24) is 14.5 Å². The van der Waals surface area contributed by atoms with Crippen LogP contribution >= 0.6 is 11.3 Å². The molecule has 0 saturated carbocycles. The van der Waals surface area contributed by atoms with E-state index in [9.17, 15) is 17.6 Å². The molecule has 1 N–H and O–H groups in total. The molecule has 1 unspecified atom stereocenters. The molecule has 7 nitrogen and oxygen atoms in total. The van der Waals surface area contributed by atoms with E-state index < -0.39 is 27.8 Å². The molecule has 2 heterocycles. The van der Waals surface area contributed by atoms with Crippen LogP contribution in [-0.2, 0) is 14.8 Å². The fraction of sp³-hybridized carbons (Fsp3) is 0.250. The number of carbonyl (C=O) groups is 1. The first-order chi connectivity index (χ1) is 14.3. The van der Waals surface area contributed by atoms with E-state index in [2.05, 4.69) is 15.5 Å². The van der Waals surface area contributed by atoms with E-state index in [1.54, 1.807) is 0 Å². The SMILES string of the molecule is Cc1cccc(-c2nnc(NC(=O)C3CCCN3S(=O)(=O)c3ccc(F)cc3)s2)c1. The summed E-state index contributed by atoms with van der Waals surface area (Å²) in [7, 11) is -3.91. The summed E-state index contributed by atoms with van der Waals surface area (Å²) in [6.45, 7) is 2.20. The summed E-state index contributed by atoms with van der Waals surface area (Å²) >= 11 is 1.22. The van der Waals surface area contributed by atoms with E-state index in [1.165, 1.54) is 23.5 Å². The van der Waals surface area contributed by atoms with Crippen molar-refractivity contribution >= 4 is 32.4 Å². The predicted molar refractivity (Wildman–Crippen MR) is 112 cm³/mol. The first-order valence-electron chi connectivity index (χ1n) is 9.33. The number of nitrogens with zero attached hydrogens (tertiary/aromatic N) is 3. The number of carbonyl (C=O) groups excluding carboxylic acids is 1. The Labute approximate surface area is 177 Å². The standard InChI is InChI=1S/C20H19FN4O3S2/c1-13-4-2-5-14(12-13)19-23-24-20(29-19)22-18(26)17-6-3-11-25(17)30(27,28)16-9-7-15(21)8-10-16/h2,4-5,7-10,12,17H,3,6,11H2,1H3,(H,22,24,26). The van der Waals surface area contributed by atoms with E-state index in [4.69, 9.17) is 0 Å². The second kappa shape index (κ2) is 8.21. The molecule has 30 heavy (non-hydrogen) atoms. The minimum Gasteiger partial charge on any atom is -0.299 e. The zero-order valence-electron chi connectivity index (χ0n) is 16.1. The van der Waals surface area contributed by atoms with Gasteiger partial charge in [-0.05, 0) is 50.1 Å². The van der Waals surface area contributed by atoms with Gasteiger partial charge in [-0.2, -0.15) is 4.31 Å². The zero-order chi connectivity index (χ0) is 21.3. The van der Waals surface area contributed by atoms with E-state index in [-0.39, 0.29) is 11.4 Å². The van der Waals surface area contributed by atoms with E-state index >= 15 is 0 Å². The minimum absolute atomic E-state index is 0.0405. The van der Waals surface area contributed by atoms with Gasteiger partial charge in [0.25, 0.3) is 0 Å². The molecule has 2 aromatic carbocycles. The summed E-state index contributed by atoms with van der Waals surface area (Å²) in [5.74, 6) is -0.976. The Kier molecular flexibility index (Phi) is 5.63. The summed E-state index contributed by atoms with van der Waals surface area (Å²) in [5.41, 5.74) is 1.98. The van der Waals surface area contributed by atoms with Crippen molar-refractivity contribution in [2.75, 3.05) is 11.9 Å². The average molecular weight is 447 g/mol. The molecular formula is C20H19FN4O3S2. The van der Waals surface area contributed by atoms with Crippen LogP contribution in [0.2, 0.25) is 0 Å². The van der Waals surface area contributed by atoms with Gasteiger partial charge in [-0.15, -0.1) is 10.2 Å². The quantitative estimate of drug-likeness (QED) is 0.648. The highest BCUT2D eigenvalue weighted by atomic mass is 32.2. The van der Waals surface area contributed by atoms with Gasteiger partial charge in [-0.1, -0.05) is 35.1 Å². The lowest BCUT2D eigenvalue weighted by Crippen LogP contribution is -2.43. The number of aryl methyl sites for hydroxylation is 1. The van der Waals surface area contributed by atoms with E-state index in [0.29, 0.717) is 23.0 Å². The van der Waals surface area contributed by atoms with E-state index in [0.717, 1.165) is 27.6 Å². The number of aromatic nitrogens is 2. The van der Waals surface area contributed by atoms with E-state index in [1.807, 2.05) is 31.2 Å². The maximum Gasteiger partial charge on any atom is 0.244 e. The molecule has 1 aliphatic heterocycles. The Morgan fingerprint density at radius 2 is 1.97 bits per heavy atom. The van der Waals surface area contributed by atoms with Crippen molar-refractivity contribution in [3.05, 3.63) is 59.9 Å². The maximum absolute atomic E-state index is 13.2. The number of hydrogen-bond acceptors (Lipinski definition) is 6. The summed E-state index contributed by atoms with van der Waals surface area (Å²) < 4.78 is 40.2. The molecule has 4 rings (SSSR count). The minimum atomic E-state index is -3.91. The zero-order valence-corrected chi connectivity index (χ0v) is 17.7. The van der Waals surface area contributed by atoms with Crippen LogP contribution in [0.15, 0.2) is 53.4 Å². The molecule has 1 saturated heterocycles. The molecular weight excluding hydrogens is 427 g/mol. The predicted octanol–water partition coefficient (Wildman–Crippen LogP) is 3.44. The molecule has 1 fully saturated rings. The molecule has 0 spiro atoms. The lowest BCUT2D eigenvalue weighted by atomic mass is 10.1. The Morgan fingerprint density at radius 1 is 1.20 bits per heavy atom. The molecule has 0 radical (unpaired) electrons. The molecule has 0 bridgehead atoms. The van der Waals surface area contributed by atoms with Gasteiger partial charge in [0.15, 0.2) is 0 Å². The number of amides is 1. The van der Waals surface area contributed by atoms with Crippen molar-refractivity contribution in [3.8, 4) is 10.6 Å². The van der Waals surface area contributed by atoms with Crippen molar-refractivity contribution in [2.45, 2.75) is 30.7 Å². The number of anilines is 1. The molecule has 1 atom stereocenters. The fourth-order valence-corrected chi connectivity index (χ4v) is 5.79. The van der Waals surface area contributed by atoms with Crippen molar-refractivity contribution in [1.29, 1.82) is 0 Å². The van der Waals surface area contributed by atoms with Gasteiger partial charge in [-0.3, -0.25) is 10.1 Å². The van der Waals surface area contributed by atoms with Gasteiger partial charge in [0.1, 0.15) is 16.9 Å². The monoisotopic (exact) mass is 446 g/mol. The molecule has 10 heteroatoms. The Hall–Kier alpha value is -2.69. The van der Waals surface area contributed by atoms with Gasteiger partial charge in [0, 0.05) is 12.1 Å². The topological polar surface area (TPSA) is 92.3 Å². The van der Waals surface area contributed by atoms with Crippen LogP contribution in [0.1, 0.15) is 18.4 Å². The third kappa shape index (κ3) is 4.11. The molecule has 156 valence electrons. The number of halogens is 1. The summed E-state index contributed by atoms with van der Waals surface area (Å²) in [5, 5.41) is 11.8. The number of nitrogens with one attached hydrogen (secondary N) is 1. The van der Waals surface area contributed by atoms with Crippen molar-refractivity contribution < 1.29 is 17.6 Å². The highest BCUT2D eigenvalue weighted by Gasteiger charge is 2.39. The number of rotatable bonds is 5. The van der Waals surface area contributed by atoms with Crippen LogP contribution in [0.4, 0.5) is 9.52 Å². The van der Waals surface area contributed by atoms with Crippen molar-refractivity contribution in [2.24, 2.45) is 0 Å². The lowest BCUT2D eigenvalue weighted by molar-refractivity contribution is -0.119. The Morgan fingerprint density at radius 3 is 2.70 bits per heavy atom. The molecule has 1 amide bonds. The molecule has 0 aliphatic carbocycles. The first-order valence-corrected chi connectivity index (χ1v) is 11.6. The average Bonchev–Trinajstić information content (AvgIpc) is 3.38. The summed E-state index contributed by atoms with van der Waals surface area (Å²) in [4.78, 5) is 12.8. The van der Waals surface area contributed by atoms with Crippen LogP contribution in [0.3, 0.4) is 0 Å². The fourth-order valence-electron chi connectivity index (χ4n) is 3.39. The second-order valence-electron chi connectivity index (χ2n) is 7.00. The van der Waals surface area contributed by atoms with Crippen LogP contribution in [0, 0.1) is 12.7 Å². The molecule has 1 aromatic heterocycles. The van der Waals surface area contributed by atoms with Crippen LogP contribution < -0.4 is 5.32 Å². The van der Waals surface area contributed by atoms with Crippen LogP contribution in [0.5, 0.6) is 0 Å². The largest absolute Gasteiger partial charge is 0.299 e. The summed E-state index contributed by atoms with van der Waals surface area (Å²) in [6, 6.07) is 11.5. The third-order valence-electron chi connectivity index (χ3n) is 4.85. The highest BCUT2D eigenvalue weighted by Crippen LogP contribution is 2.30. The van der Waals surface area contributed by atoms with Crippen molar-refractivity contribution in [3.63, 3.8) is 0 Å². The van der Waals surface area contributed by atoms with Gasteiger partial charge in [-0.25, -0.2) is 12.8 Å². The van der Waals surface area contributed by atoms with Gasteiger partial charge in [0.2, 0.25) is 21.1 Å². The lowest BCUT2D eigenvalue weighted by Gasteiger charge is -2.22. The van der Waals surface area contributed by atoms with Crippen LogP contribution in [-0.4, -0.2) is 41.4 Å². The Balaban J connectivity index is 1.51. The highest BCUT2D eigenvalue weighted by molar-refractivity contribution is 7.89. The van der Waals surface area contributed by atoms with Gasteiger partial charge < -0.3 is 0 Å². The summed E-state index contributed by atoms with van der Waals surface area (Å²) in [6.07, 6.45) is 0.957. The number of hydrogen-bond donors (Lipinski definition) is 1. The van der Waals surface area contributed by atoms with Crippen LogP contribution in [0.25, 0.3) is 10.6 Å².